The molecule has 2 heteroatoms. The highest BCUT2D eigenvalue weighted by molar-refractivity contribution is 4.58. The molecule has 1 heterocycles. The number of aliphatic hydroxyl groups excluding tert-OH is 1. The average Bonchev–Trinajstić information content (AvgIpc) is 2.48. The molecule has 2 nitrogen and oxygen atoms in total. The Morgan fingerprint density at radius 2 is 1.70 bits per heavy atom. The van der Waals surface area contributed by atoms with Gasteiger partial charge in [-0.1, -0.05) is 27.7 Å². The van der Waals surface area contributed by atoms with Gasteiger partial charge in [-0.15, -0.1) is 0 Å². The van der Waals surface area contributed by atoms with E-state index in [-0.39, 0.29) is 6.10 Å². The number of aliphatic hydroxyl groups is 1. The molecule has 1 rings (SSSR count). The zero-order valence-corrected chi connectivity index (χ0v) is 7.55. The van der Waals surface area contributed by atoms with Crippen LogP contribution < -0.4 is 0 Å². The minimum Gasteiger partial charge on any atom is -0.391 e. The summed E-state index contributed by atoms with van der Waals surface area (Å²) in [5.74, 6) is 0. The second-order valence-corrected chi connectivity index (χ2v) is 1.52. The fraction of sp³-hybridized carbons (Fsp3) is 1.00. The number of rotatable bonds is 0. The Morgan fingerprint density at radius 3 is 1.80 bits per heavy atom. The van der Waals surface area contributed by atoms with Crippen LogP contribution in [0.5, 0.6) is 0 Å². The number of hydrogen-bond donors (Lipinski definition) is 1. The Labute approximate surface area is 64.2 Å². The maximum Gasteiger partial charge on any atom is 0.0795 e. The van der Waals surface area contributed by atoms with Gasteiger partial charge in [-0.05, 0) is 6.42 Å². The van der Waals surface area contributed by atoms with E-state index in [2.05, 4.69) is 0 Å². The van der Waals surface area contributed by atoms with E-state index in [1.54, 1.807) is 0 Å². The topological polar surface area (TPSA) is 29.5 Å². The van der Waals surface area contributed by atoms with Crippen LogP contribution in [-0.2, 0) is 4.74 Å². The largest absolute Gasteiger partial charge is 0.391 e. The van der Waals surface area contributed by atoms with Gasteiger partial charge in [0.05, 0.1) is 12.7 Å². The second-order valence-electron chi connectivity index (χ2n) is 1.52. The van der Waals surface area contributed by atoms with E-state index < -0.39 is 0 Å². The Bertz CT molecular complexity index is 40.5. The van der Waals surface area contributed by atoms with Gasteiger partial charge in [0.1, 0.15) is 0 Å². The van der Waals surface area contributed by atoms with Gasteiger partial charge in [0.25, 0.3) is 0 Å². The van der Waals surface area contributed by atoms with Gasteiger partial charge < -0.3 is 9.84 Å². The van der Waals surface area contributed by atoms with Crippen molar-refractivity contribution in [1.29, 1.82) is 0 Å². The maximum atomic E-state index is 8.60. The third-order valence-electron chi connectivity index (χ3n) is 0.906. The lowest BCUT2D eigenvalue weighted by molar-refractivity contribution is 0.127. The predicted octanol–water partition coefficient (Wildman–Crippen LogP) is 1.82. The summed E-state index contributed by atoms with van der Waals surface area (Å²) in [6.07, 6.45) is 0.644. The van der Waals surface area contributed by atoms with Crippen LogP contribution in [0.25, 0.3) is 0 Å². The van der Waals surface area contributed by atoms with E-state index >= 15 is 0 Å². The quantitative estimate of drug-likeness (QED) is 0.568. The Hall–Kier alpha value is -0.0800. The molecule has 0 aromatic carbocycles. The predicted molar refractivity (Wildman–Crippen MR) is 44.1 cm³/mol. The monoisotopic (exact) mass is 148 g/mol. The highest BCUT2D eigenvalue weighted by Crippen LogP contribution is 2.00. The molecule has 1 aliphatic rings. The summed E-state index contributed by atoms with van der Waals surface area (Å²) in [6, 6.07) is 0. The molecule has 1 atom stereocenters. The summed E-state index contributed by atoms with van der Waals surface area (Å²) in [6.45, 7) is 9.28. The zero-order valence-electron chi connectivity index (χ0n) is 7.55. The lowest BCUT2D eigenvalue weighted by atomic mass is 10.3. The standard InChI is InChI=1S/C4H8O2.2C2H6/c5-4-1-2-6-3-4;2*1-2/h4-5H,1-3H2;2*1-2H3. The minimum atomic E-state index is -0.176. The molecule has 0 spiro atoms. The number of hydrogen-bond acceptors (Lipinski definition) is 2. The van der Waals surface area contributed by atoms with Gasteiger partial charge in [-0.2, -0.15) is 0 Å². The zero-order chi connectivity index (χ0) is 8.41. The molecule has 0 aromatic rings. The van der Waals surface area contributed by atoms with Crippen molar-refractivity contribution in [2.45, 2.75) is 40.2 Å². The first kappa shape index (κ1) is 12.6. The molecule has 10 heavy (non-hydrogen) atoms. The van der Waals surface area contributed by atoms with E-state index in [4.69, 9.17) is 9.84 Å². The molecule has 64 valence electrons. The van der Waals surface area contributed by atoms with E-state index in [9.17, 15) is 0 Å². The van der Waals surface area contributed by atoms with Crippen LogP contribution in [0.3, 0.4) is 0 Å². The van der Waals surface area contributed by atoms with Gasteiger partial charge in [0.15, 0.2) is 0 Å². The first-order valence-electron chi connectivity index (χ1n) is 4.15. The Morgan fingerprint density at radius 1 is 1.20 bits per heavy atom. The first-order valence-corrected chi connectivity index (χ1v) is 4.15. The van der Waals surface area contributed by atoms with Gasteiger partial charge in [0, 0.05) is 6.61 Å². The normalized spacial score (nSPS) is 21.9. The molecule has 0 bridgehead atoms. The van der Waals surface area contributed by atoms with Crippen molar-refractivity contribution in [3.8, 4) is 0 Å². The smallest absolute Gasteiger partial charge is 0.0795 e. The van der Waals surface area contributed by atoms with Crippen LogP contribution in [0.15, 0.2) is 0 Å². The van der Waals surface area contributed by atoms with Gasteiger partial charge >= 0.3 is 0 Å². The first-order chi connectivity index (χ1) is 4.89. The van der Waals surface area contributed by atoms with Crippen LogP contribution in [-0.4, -0.2) is 24.4 Å². The summed E-state index contributed by atoms with van der Waals surface area (Å²) in [4.78, 5) is 0. The molecular weight excluding hydrogens is 128 g/mol. The molecule has 1 unspecified atom stereocenters. The van der Waals surface area contributed by atoms with E-state index in [0.717, 1.165) is 13.0 Å². The molecule has 1 aliphatic heterocycles. The lowest BCUT2D eigenvalue weighted by Gasteiger charge is -1.89. The molecule has 1 saturated heterocycles. The SMILES string of the molecule is CC.CC.OC1CCOC1. The fourth-order valence-corrected chi connectivity index (χ4v) is 0.522. The molecule has 0 radical (unpaired) electrons. The minimum absolute atomic E-state index is 0.176. The van der Waals surface area contributed by atoms with Crippen molar-refractivity contribution in [2.24, 2.45) is 0 Å². The lowest BCUT2D eigenvalue weighted by Crippen LogP contribution is -2.02. The van der Waals surface area contributed by atoms with Gasteiger partial charge in [-0.25, -0.2) is 0 Å². The average molecular weight is 148 g/mol. The summed E-state index contributed by atoms with van der Waals surface area (Å²) >= 11 is 0. The summed E-state index contributed by atoms with van der Waals surface area (Å²) in [5.41, 5.74) is 0. The summed E-state index contributed by atoms with van der Waals surface area (Å²) in [7, 11) is 0. The van der Waals surface area contributed by atoms with Crippen LogP contribution in [0.2, 0.25) is 0 Å². The molecule has 1 N–H and O–H groups in total. The van der Waals surface area contributed by atoms with E-state index in [1.165, 1.54) is 0 Å². The highest BCUT2D eigenvalue weighted by Gasteiger charge is 2.09. The maximum absolute atomic E-state index is 8.60. The molecule has 1 fully saturated rings. The van der Waals surface area contributed by atoms with E-state index in [1.807, 2.05) is 27.7 Å². The third kappa shape index (κ3) is 7.92. The van der Waals surface area contributed by atoms with Crippen molar-refractivity contribution in [3.05, 3.63) is 0 Å². The number of ether oxygens (including phenoxy) is 1. The van der Waals surface area contributed by atoms with Crippen LogP contribution >= 0.6 is 0 Å². The second kappa shape index (κ2) is 11.7. The van der Waals surface area contributed by atoms with Crippen molar-refractivity contribution in [2.75, 3.05) is 13.2 Å². The van der Waals surface area contributed by atoms with Gasteiger partial charge in [-0.3, -0.25) is 0 Å². The molecular formula is C8H20O2. The molecule has 0 saturated carbocycles. The van der Waals surface area contributed by atoms with Crippen molar-refractivity contribution < 1.29 is 9.84 Å². The van der Waals surface area contributed by atoms with Crippen molar-refractivity contribution >= 4 is 0 Å². The Balaban J connectivity index is 0. The van der Waals surface area contributed by atoms with E-state index in [0.29, 0.717) is 6.61 Å². The highest BCUT2D eigenvalue weighted by atomic mass is 16.5. The fourth-order valence-electron chi connectivity index (χ4n) is 0.522. The molecule has 0 aromatic heterocycles. The summed E-state index contributed by atoms with van der Waals surface area (Å²) < 4.78 is 4.81. The van der Waals surface area contributed by atoms with Gasteiger partial charge in [0.2, 0.25) is 0 Å². The summed E-state index contributed by atoms with van der Waals surface area (Å²) in [5, 5.41) is 8.60. The van der Waals surface area contributed by atoms with Crippen molar-refractivity contribution in [3.63, 3.8) is 0 Å². The molecule has 0 amide bonds. The molecule has 0 aliphatic carbocycles. The third-order valence-corrected chi connectivity index (χ3v) is 0.906. The Kier molecular flexibility index (Phi) is 14.7. The van der Waals surface area contributed by atoms with Crippen molar-refractivity contribution in [1.82, 2.24) is 0 Å². The van der Waals surface area contributed by atoms with Crippen LogP contribution in [0, 0.1) is 0 Å². The van der Waals surface area contributed by atoms with Crippen LogP contribution in [0.4, 0.5) is 0 Å². The van der Waals surface area contributed by atoms with Crippen LogP contribution in [0.1, 0.15) is 34.1 Å².